The fourth-order valence-electron chi connectivity index (χ4n) is 2.43. The van der Waals surface area contributed by atoms with E-state index in [0.29, 0.717) is 6.42 Å². The largest absolute Gasteiger partial charge is 0.573 e. The summed E-state index contributed by atoms with van der Waals surface area (Å²) in [7, 11) is -0.150. The van der Waals surface area contributed by atoms with Gasteiger partial charge in [-0.3, -0.25) is 0 Å². The number of ether oxygens (including phenoxy) is 1. The number of likely N-dealkylation sites (N-methyl/N-ethyl adjacent to an activating group) is 1. The highest BCUT2D eigenvalue weighted by molar-refractivity contribution is 7.89. The van der Waals surface area contributed by atoms with Crippen molar-refractivity contribution in [2.75, 3.05) is 20.6 Å². The molecule has 1 unspecified atom stereocenters. The molecule has 0 spiro atoms. The summed E-state index contributed by atoms with van der Waals surface area (Å²) in [5, 5.41) is 0. The summed E-state index contributed by atoms with van der Waals surface area (Å²) in [4.78, 5) is 1.78. The third-order valence-corrected chi connectivity index (χ3v) is 5.36. The van der Waals surface area contributed by atoms with Crippen LogP contribution in [0.4, 0.5) is 13.2 Å². The van der Waals surface area contributed by atoms with Crippen LogP contribution in [-0.2, 0) is 16.4 Å². The second-order valence-corrected chi connectivity index (χ2v) is 7.95. The Balaban J connectivity index is 2.03. The molecule has 0 radical (unpaired) electrons. The number of rotatable bonds is 8. The lowest BCUT2D eigenvalue weighted by Crippen LogP contribution is -2.41. The lowest BCUT2D eigenvalue weighted by Gasteiger charge is -2.24. The van der Waals surface area contributed by atoms with Crippen LogP contribution in [0.2, 0.25) is 0 Å². The van der Waals surface area contributed by atoms with E-state index in [1.165, 1.54) is 0 Å². The van der Waals surface area contributed by atoms with E-state index in [1.807, 2.05) is 49.3 Å². The van der Waals surface area contributed by atoms with Gasteiger partial charge in [-0.15, -0.1) is 13.2 Å². The molecular weight excluding hydrogens is 381 g/mol. The summed E-state index contributed by atoms with van der Waals surface area (Å²) in [5.41, 5.74) is 1.07. The summed E-state index contributed by atoms with van der Waals surface area (Å²) in [6.07, 6.45) is -4.18. The van der Waals surface area contributed by atoms with Gasteiger partial charge in [0.05, 0.1) is 4.90 Å². The van der Waals surface area contributed by atoms with Gasteiger partial charge in [-0.2, -0.15) is 0 Å². The second kappa shape index (κ2) is 8.73. The molecule has 148 valence electrons. The quantitative estimate of drug-likeness (QED) is 0.738. The summed E-state index contributed by atoms with van der Waals surface area (Å²) in [6.45, 7) is 0.158. The van der Waals surface area contributed by atoms with Crippen LogP contribution >= 0.6 is 0 Å². The third kappa shape index (κ3) is 6.85. The van der Waals surface area contributed by atoms with Crippen molar-refractivity contribution >= 4 is 10.0 Å². The van der Waals surface area contributed by atoms with Crippen LogP contribution in [0, 0.1) is 0 Å². The Morgan fingerprint density at radius 1 is 1.04 bits per heavy atom. The lowest BCUT2D eigenvalue weighted by atomic mass is 10.1. The number of alkyl halides is 3. The van der Waals surface area contributed by atoms with E-state index in [9.17, 15) is 21.6 Å². The van der Waals surface area contributed by atoms with Crippen LogP contribution in [0.15, 0.2) is 59.5 Å². The fraction of sp³-hybridized carbons (Fsp3) is 0.333. The molecular formula is C18H21F3N2O3S. The van der Waals surface area contributed by atoms with Crippen molar-refractivity contribution in [1.82, 2.24) is 9.62 Å². The summed E-state index contributed by atoms with van der Waals surface area (Å²) < 4.78 is 67.6. The molecule has 2 rings (SSSR count). The Morgan fingerprint density at radius 3 is 2.15 bits per heavy atom. The molecule has 0 aliphatic carbocycles. The normalized spacial score (nSPS) is 13.6. The molecule has 1 N–H and O–H groups in total. The number of nitrogens with zero attached hydrogens (tertiary/aromatic N) is 1. The Kier molecular flexibility index (Phi) is 6.85. The number of halogens is 3. The number of nitrogens with one attached hydrogen (secondary N) is 1. The molecule has 27 heavy (non-hydrogen) atoms. The first kappa shape index (κ1) is 21.2. The zero-order chi connectivity index (χ0) is 20.1. The highest BCUT2D eigenvalue weighted by Crippen LogP contribution is 2.23. The maximum Gasteiger partial charge on any atom is 0.573 e. The molecule has 0 saturated heterocycles. The average molecular weight is 402 g/mol. The molecule has 0 fully saturated rings. The summed E-state index contributed by atoms with van der Waals surface area (Å²) in [6, 6.07) is 13.7. The SMILES string of the molecule is CN(C)C(CNS(=O)(=O)c1ccc(OC(F)(F)F)cc1)Cc1ccccc1. The minimum atomic E-state index is -4.82. The molecule has 0 heterocycles. The third-order valence-electron chi connectivity index (χ3n) is 3.92. The van der Waals surface area contributed by atoms with E-state index >= 15 is 0 Å². The molecule has 2 aromatic rings. The van der Waals surface area contributed by atoms with Gasteiger partial charge >= 0.3 is 6.36 Å². The Labute approximate surface area is 156 Å². The number of sulfonamides is 1. The van der Waals surface area contributed by atoms with E-state index in [0.717, 1.165) is 29.8 Å². The van der Waals surface area contributed by atoms with Crippen molar-refractivity contribution < 1.29 is 26.3 Å². The topological polar surface area (TPSA) is 58.6 Å². The first-order valence-corrected chi connectivity index (χ1v) is 9.61. The van der Waals surface area contributed by atoms with Gasteiger partial charge in [-0.1, -0.05) is 30.3 Å². The van der Waals surface area contributed by atoms with Gasteiger partial charge in [-0.25, -0.2) is 13.1 Å². The molecule has 0 amide bonds. The molecule has 0 bridgehead atoms. The lowest BCUT2D eigenvalue weighted by molar-refractivity contribution is -0.274. The molecule has 0 aromatic heterocycles. The molecule has 0 aliphatic rings. The van der Waals surface area contributed by atoms with Gasteiger partial charge < -0.3 is 9.64 Å². The standard InChI is InChI=1S/C18H21F3N2O3S/c1-23(2)15(12-14-6-4-3-5-7-14)13-22-27(24,25)17-10-8-16(9-11-17)26-18(19,20)21/h3-11,15,22H,12-13H2,1-2H3. The van der Waals surface area contributed by atoms with Crippen molar-refractivity contribution in [3.63, 3.8) is 0 Å². The van der Waals surface area contributed by atoms with Crippen LogP contribution in [0.25, 0.3) is 0 Å². The van der Waals surface area contributed by atoms with Crippen molar-refractivity contribution in [1.29, 1.82) is 0 Å². The van der Waals surface area contributed by atoms with Crippen LogP contribution in [0.3, 0.4) is 0 Å². The van der Waals surface area contributed by atoms with Crippen molar-refractivity contribution in [3.8, 4) is 5.75 Å². The monoisotopic (exact) mass is 402 g/mol. The summed E-state index contributed by atoms with van der Waals surface area (Å²) in [5.74, 6) is -0.475. The second-order valence-electron chi connectivity index (χ2n) is 6.18. The molecule has 5 nitrogen and oxygen atoms in total. The minimum Gasteiger partial charge on any atom is -0.406 e. The van der Waals surface area contributed by atoms with E-state index < -0.39 is 22.1 Å². The van der Waals surface area contributed by atoms with Gasteiger partial charge in [-0.05, 0) is 50.3 Å². The van der Waals surface area contributed by atoms with E-state index in [-0.39, 0.29) is 17.5 Å². The highest BCUT2D eigenvalue weighted by Gasteiger charge is 2.31. The van der Waals surface area contributed by atoms with Gasteiger partial charge in [0.15, 0.2) is 0 Å². The molecule has 9 heteroatoms. The van der Waals surface area contributed by atoms with E-state index in [1.54, 1.807) is 0 Å². The molecule has 1 atom stereocenters. The molecule has 0 saturated carbocycles. The maximum atomic E-state index is 12.4. The van der Waals surface area contributed by atoms with Crippen molar-refractivity contribution in [2.24, 2.45) is 0 Å². The number of hydrogen-bond donors (Lipinski definition) is 1. The highest BCUT2D eigenvalue weighted by atomic mass is 32.2. The Morgan fingerprint density at radius 2 is 1.63 bits per heavy atom. The van der Waals surface area contributed by atoms with Gasteiger partial charge in [0.2, 0.25) is 10.0 Å². The minimum absolute atomic E-state index is 0.0880. The zero-order valence-corrected chi connectivity index (χ0v) is 15.7. The van der Waals surface area contributed by atoms with E-state index in [2.05, 4.69) is 9.46 Å². The zero-order valence-electron chi connectivity index (χ0n) is 14.9. The van der Waals surface area contributed by atoms with Crippen LogP contribution in [-0.4, -0.2) is 46.4 Å². The Bertz CT molecular complexity index is 823. The van der Waals surface area contributed by atoms with E-state index in [4.69, 9.17) is 0 Å². The first-order chi connectivity index (χ1) is 12.6. The van der Waals surface area contributed by atoms with Crippen LogP contribution in [0.5, 0.6) is 5.75 Å². The maximum absolute atomic E-state index is 12.4. The first-order valence-electron chi connectivity index (χ1n) is 8.13. The predicted molar refractivity (Wildman–Crippen MR) is 95.9 cm³/mol. The van der Waals surface area contributed by atoms with Crippen molar-refractivity contribution in [2.45, 2.75) is 23.7 Å². The van der Waals surface area contributed by atoms with Gasteiger partial charge in [0.1, 0.15) is 5.75 Å². The Hall–Kier alpha value is -2.10. The fourth-order valence-corrected chi connectivity index (χ4v) is 3.51. The molecule has 0 aliphatic heterocycles. The number of benzene rings is 2. The smallest absolute Gasteiger partial charge is 0.406 e. The average Bonchev–Trinajstić information content (AvgIpc) is 2.58. The molecule has 2 aromatic carbocycles. The predicted octanol–water partition coefficient (Wildman–Crippen LogP) is 3.04. The van der Waals surface area contributed by atoms with Gasteiger partial charge in [0.25, 0.3) is 0 Å². The number of hydrogen-bond acceptors (Lipinski definition) is 4. The van der Waals surface area contributed by atoms with Crippen LogP contribution < -0.4 is 9.46 Å². The summed E-state index contributed by atoms with van der Waals surface area (Å²) >= 11 is 0. The van der Waals surface area contributed by atoms with Crippen molar-refractivity contribution in [3.05, 3.63) is 60.2 Å². The van der Waals surface area contributed by atoms with Crippen LogP contribution in [0.1, 0.15) is 5.56 Å². The van der Waals surface area contributed by atoms with Gasteiger partial charge in [0, 0.05) is 12.6 Å².